The summed E-state index contributed by atoms with van der Waals surface area (Å²) in [6, 6.07) is 10.1. The summed E-state index contributed by atoms with van der Waals surface area (Å²) in [6.45, 7) is 0. The molecule has 0 spiro atoms. The Labute approximate surface area is 190 Å². The van der Waals surface area contributed by atoms with Crippen molar-refractivity contribution >= 4 is 34.3 Å². The molecule has 1 fully saturated rings. The molecule has 9 heteroatoms. The molecule has 1 heterocycles. The molecule has 2 bridgehead atoms. The van der Waals surface area contributed by atoms with Gasteiger partial charge in [0.25, 0.3) is 0 Å². The van der Waals surface area contributed by atoms with E-state index in [1.807, 2.05) is 6.07 Å². The molecule has 4 atom stereocenters. The van der Waals surface area contributed by atoms with Crippen LogP contribution in [0.4, 0.5) is 17.5 Å². The lowest BCUT2D eigenvalue weighted by molar-refractivity contribution is -0.122. The smallest absolute Gasteiger partial charge is 0.229 e. The van der Waals surface area contributed by atoms with Crippen LogP contribution >= 0.6 is 0 Å². The van der Waals surface area contributed by atoms with Crippen LogP contribution in [0.25, 0.3) is 10.9 Å². The Balaban J connectivity index is 1.60. The first-order valence-corrected chi connectivity index (χ1v) is 10.7. The third-order valence-electron chi connectivity index (χ3n) is 6.39. The molecular weight excluding hydrogens is 422 g/mol. The molecule has 1 saturated carbocycles. The molecule has 2 aromatic carbocycles. The Kier molecular flexibility index (Phi) is 5.16. The van der Waals surface area contributed by atoms with Crippen molar-refractivity contribution in [2.75, 3.05) is 24.9 Å². The molecule has 1 aromatic heterocycles. The lowest BCUT2D eigenvalue weighted by atomic mass is 9.88. The summed E-state index contributed by atoms with van der Waals surface area (Å²) in [5.74, 6) is 1.80. The zero-order chi connectivity index (χ0) is 23.1. The second kappa shape index (κ2) is 8.16. The van der Waals surface area contributed by atoms with Crippen LogP contribution in [0.5, 0.6) is 17.2 Å². The van der Waals surface area contributed by atoms with E-state index in [2.05, 4.69) is 27.8 Å². The number of fused-ring (bicyclic) bond motifs is 3. The fourth-order valence-electron chi connectivity index (χ4n) is 4.90. The number of nitrogens with two attached hydrogens (primary N) is 1. The molecule has 1 amide bonds. The molecule has 3 aromatic rings. The third kappa shape index (κ3) is 3.75. The third-order valence-corrected chi connectivity index (χ3v) is 6.39. The lowest BCUT2D eigenvalue weighted by Gasteiger charge is -2.27. The van der Waals surface area contributed by atoms with Gasteiger partial charge < -0.3 is 30.9 Å². The molecule has 0 radical (unpaired) electrons. The maximum absolute atomic E-state index is 12.2. The van der Waals surface area contributed by atoms with E-state index in [0.29, 0.717) is 34.5 Å². The number of rotatable bonds is 7. The van der Waals surface area contributed by atoms with Crippen LogP contribution in [0, 0.1) is 17.8 Å². The van der Waals surface area contributed by atoms with Gasteiger partial charge in [-0.2, -0.15) is 4.98 Å². The van der Waals surface area contributed by atoms with Crippen molar-refractivity contribution in [1.29, 1.82) is 0 Å². The number of hydrogen-bond donors (Lipinski definition) is 4. The molecule has 0 saturated heterocycles. The Morgan fingerprint density at radius 1 is 1.09 bits per heavy atom. The SMILES string of the molecule is COc1cc2nc(Nc3cccc(O)c3)nc(NC3C4C=CC(C4)C3C(N)=O)c2cc1OC. The number of aromatic hydroxyl groups is 1. The number of carbonyl (C=O) groups excluding carboxylic acids is 1. The summed E-state index contributed by atoms with van der Waals surface area (Å²) in [5.41, 5.74) is 7.02. The van der Waals surface area contributed by atoms with Crippen molar-refractivity contribution in [3.63, 3.8) is 0 Å². The number of allylic oxidation sites excluding steroid dienone is 1. The van der Waals surface area contributed by atoms with Crippen molar-refractivity contribution < 1.29 is 19.4 Å². The van der Waals surface area contributed by atoms with E-state index in [1.54, 1.807) is 44.6 Å². The van der Waals surface area contributed by atoms with Crippen LogP contribution in [0.2, 0.25) is 0 Å². The van der Waals surface area contributed by atoms with Gasteiger partial charge in [-0.05, 0) is 36.5 Å². The summed E-state index contributed by atoms with van der Waals surface area (Å²) in [5, 5.41) is 17.1. The number of ether oxygens (including phenoxy) is 2. The van der Waals surface area contributed by atoms with Crippen molar-refractivity contribution in [2.45, 2.75) is 12.5 Å². The van der Waals surface area contributed by atoms with E-state index < -0.39 is 0 Å². The minimum atomic E-state index is -0.319. The number of anilines is 3. The summed E-state index contributed by atoms with van der Waals surface area (Å²) in [4.78, 5) is 21.6. The Morgan fingerprint density at radius 2 is 1.85 bits per heavy atom. The number of primary amides is 1. The van der Waals surface area contributed by atoms with Crippen LogP contribution < -0.4 is 25.8 Å². The highest BCUT2D eigenvalue weighted by Gasteiger charge is 2.47. The highest BCUT2D eigenvalue weighted by molar-refractivity contribution is 5.93. The van der Waals surface area contributed by atoms with E-state index in [1.165, 1.54) is 0 Å². The topological polar surface area (TPSA) is 132 Å². The largest absolute Gasteiger partial charge is 0.508 e. The fourth-order valence-corrected chi connectivity index (χ4v) is 4.90. The van der Waals surface area contributed by atoms with Crippen molar-refractivity contribution in [2.24, 2.45) is 23.5 Å². The predicted octanol–water partition coefficient (Wildman–Crippen LogP) is 3.18. The maximum atomic E-state index is 12.2. The van der Waals surface area contributed by atoms with Gasteiger partial charge >= 0.3 is 0 Å². The van der Waals surface area contributed by atoms with Gasteiger partial charge in [0, 0.05) is 29.2 Å². The van der Waals surface area contributed by atoms with Gasteiger partial charge in [-0.25, -0.2) is 4.98 Å². The van der Waals surface area contributed by atoms with Gasteiger partial charge in [-0.3, -0.25) is 4.79 Å². The van der Waals surface area contributed by atoms with Crippen molar-refractivity contribution in [1.82, 2.24) is 9.97 Å². The van der Waals surface area contributed by atoms with Gasteiger partial charge in [-0.15, -0.1) is 0 Å². The first kappa shape index (κ1) is 20.9. The highest BCUT2D eigenvalue weighted by atomic mass is 16.5. The minimum absolute atomic E-state index is 0.128. The van der Waals surface area contributed by atoms with Gasteiger partial charge in [0.2, 0.25) is 11.9 Å². The number of methoxy groups -OCH3 is 2. The number of aromatic nitrogens is 2. The number of nitrogens with one attached hydrogen (secondary N) is 2. The second-order valence-corrected chi connectivity index (χ2v) is 8.34. The van der Waals surface area contributed by atoms with Crippen LogP contribution in [0.1, 0.15) is 6.42 Å². The molecule has 5 N–H and O–H groups in total. The minimum Gasteiger partial charge on any atom is -0.508 e. The number of nitrogens with zero attached hydrogens (tertiary/aromatic N) is 2. The number of benzene rings is 2. The Bertz CT molecular complexity index is 1260. The molecular formula is C24H25N5O4. The molecule has 9 nitrogen and oxygen atoms in total. The lowest BCUT2D eigenvalue weighted by Crippen LogP contribution is -2.41. The van der Waals surface area contributed by atoms with Crippen LogP contribution in [-0.4, -0.2) is 41.2 Å². The standard InChI is InChI=1S/C24H25N5O4/c1-32-18-10-16-17(11-19(18)33-2)27-24(26-14-4-3-5-15(30)9-14)29-23(16)28-21-13-7-6-12(8-13)20(21)22(25)31/h3-7,9-13,20-21,30H,8H2,1-2H3,(H2,25,31)(H2,26,27,28,29). The molecule has 170 valence electrons. The second-order valence-electron chi connectivity index (χ2n) is 8.34. The monoisotopic (exact) mass is 447 g/mol. The van der Waals surface area contributed by atoms with E-state index in [0.717, 1.165) is 11.8 Å². The van der Waals surface area contributed by atoms with Crippen LogP contribution in [0.15, 0.2) is 48.6 Å². The van der Waals surface area contributed by atoms with E-state index in [9.17, 15) is 9.90 Å². The van der Waals surface area contributed by atoms with Crippen molar-refractivity contribution in [3.8, 4) is 17.2 Å². The van der Waals surface area contributed by atoms with E-state index >= 15 is 0 Å². The molecule has 4 unspecified atom stereocenters. The van der Waals surface area contributed by atoms with Gasteiger partial charge in [0.15, 0.2) is 11.5 Å². The number of phenolic OH excluding ortho intramolecular Hbond substituents is 1. The number of hydrogen-bond acceptors (Lipinski definition) is 8. The number of carbonyl (C=O) groups is 1. The number of amides is 1. The van der Waals surface area contributed by atoms with Gasteiger partial charge in [0.1, 0.15) is 11.6 Å². The Hall–Kier alpha value is -4.01. The predicted molar refractivity (Wildman–Crippen MR) is 125 cm³/mol. The zero-order valence-corrected chi connectivity index (χ0v) is 18.3. The molecule has 2 aliphatic rings. The maximum Gasteiger partial charge on any atom is 0.229 e. The summed E-state index contributed by atoms with van der Waals surface area (Å²) in [7, 11) is 3.13. The highest BCUT2D eigenvalue weighted by Crippen LogP contribution is 2.45. The normalized spacial score (nSPS) is 23.0. The molecule has 0 aliphatic heterocycles. The fraction of sp³-hybridized carbons (Fsp3) is 0.292. The first-order chi connectivity index (χ1) is 16.0. The first-order valence-electron chi connectivity index (χ1n) is 10.7. The van der Waals surface area contributed by atoms with Crippen molar-refractivity contribution in [3.05, 3.63) is 48.6 Å². The van der Waals surface area contributed by atoms with Gasteiger partial charge in [0.05, 0.1) is 25.7 Å². The van der Waals surface area contributed by atoms with Crippen LogP contribution in [0.3, 0.4) is 0 Å². The van der Waals surface area contributed by atoms with E-state index in [-0.39, 0.29) is 35.5 Å². The summed E-state index contributed by atoms with van der Waals surface area (Å²) in [6.07, 6.45) is 5.11. The zero-order valence-electron chi connectivity index (χ0n) is 18.3. The quantitative estimate of drug-likeness (QED) is 0.406. The molecule has 33 heavy (non-hydrogen) atoms. The van der Waals surface area contributed by atoms with Crippen LogP contribution in [-0.2, 0) is 4.79 Å². The Morgan fingerprint density at radius 3 is 2.58 bits per heavy atom. The summed E-state index contributed by atoms with van der Waals surface area (Å²) < 4.78 is 10.9. The molecule has 2 aliphatic carbocycles. The summed E-state index contributed by atoms with van der Waals surface area (Å²) >= 11 is 0. The van der Waals surface area contributed by atoms with Gasteiger partial charge in [-0.1, -0.05) is 18.2 Å². The molecule has 5 rings (SSSR count). The average Bonchev–Trinajstić information content (AvgIpc) is 3.40. The average molecular weight is 447 g/mol. The number of phenols is 1. The van der Waals surface area contributed by atoms with E-state index in [4.69, 9.17) is 20.2 Å².